The maximum absolute atomic E-state index is 12.7. The largest absolute Gasteiger partial charge is 0.495 e. The summed E-state index contributed by atoms with van der Waals surface area (Å²) in [6.07, 6.45) is 4.63. The monoisotopic (exact) mass is 429 g/mol. The van der Waals surface area contributed by atoms with E-state index in [0.717, 1.165) is 19.3 Å². The fourth-order valence-corrected chi connectivity index (χ4v) is 4.29. The van der Waals surface area contributed by atoms with Gasteiger partial charge in [-0.2, -0.15) is 0 Å². The number of benzene rings is 1. The van der Waals surface area contributed by atoms with Crippen LogP contribution in [0.1, 0.15) is 19.3 Å². The average molecular weight is 430 g/mol. The Kier molecular flexibility index (Phi) is 5.20. The maximum atomic E-state index is 12.7. The van der Waals surface area contributed by atoms with Crippen LogP contribution in [0.4, 0.5) is 5.82 Å². The first-order valence-electron chi connectivity index (χ1n) is 9.59. The van der Waals surface area contributed by atoms with Gasteiger partial charge >= 0.3 is 0 Å². The van der Waals surface area contributed by atoms with Gasteiger partial charge in [-0.15, -0.1) is 0 Å². The van der Waals surface area contributed by atoms with Crippen molar-refractivity contribution < 1.29 is 13.2 Å². The third-order valence-electron chi connectivity index (χ3n) is 5.37. The van der Waals surface area contributed by atoms with Crippen LogP contribution in [-0.2, 0) is 17.1 Å². The number of fused-ring (bicyclic) bond motifs is 1. The summed E-state index contributed by atoms with van der Waals surface area (Å²) in [5.41, 5.74) is 1.40. The highest BCUT2D eigenvalue weighted by Gasteiger charge is 2.22. The normalized spacial score (nSPS) is 14.5. The molecular weight excluding hydrogens is 406 g/mol. The molecule has 1 aliphatic rings. The molecule has 4 rings (SSSR count). The van der Waals surface area contributed by atoms with Gasteiger partial charge in [-0.05, 0) is 50.6 Å². The van der Waals surface area contributed by atoms with Crippen molar-refractivity contribution in [1.82, 2.24) is 19.3 Å². The molecule has 9 nitrogen and oxygen atoms in total. The van der Waals surface area contributed by atoms with E-state index >= 15 is 0 Å². The van der Waals surface area contributed by atoms with Crippen LogP contribution in [0.3, 0.4) is 0 Å². The SMILES string of the molecule is CNS(=O)(=O)c1cc(-c2cc3ncn(C)c(=O)c3c(NC3CCC3)n2)ccc1OC. The molecule has 0 spiro atoms. The summed E-state index contributed by atoms with van der Waals surface area (Å²) in [6, 6.07) is 6.78. The highest BCUT2D eigenvalue weighted by molar-refractivity contribution is 7.89. The average Bonchev–Trinajstić information content (AvgIpc) is 2.72. The first-order chi connectivity index (χ1) is 14.3. The standard InChI is InChI=1S/C20H23N5O4S/c1-21-30(27,28)17-9-12(7-8-16(17)29-3)14-10-15-18(20(26)25(2)11-22-15)19(24-14)23-13-5-4-6-13/h7-11,13,21H,4-6H2,1-3H3,(H,23,24). The van der Waals surface area contributed by atoms with Crippen LogP contribution in [-0.4, -0.2) is 43.2 Å². The van der Waals surface area contributed by atoms with E-state index in [1.165, 1.54) is 31.1 Å². The zero-order chi connectivity index (χ0) is 21.5. The minimum absolute atomic E-state index is 0.0114. The molecule has 10 heteroatoms. The Balaban J connectivity index is 1.92. The molecule has 1 fully saturated rings. The molecule has 0 bridgehead atoms. The van der Waals surface area contributed by atoms with E-state index in [1.54, 1.807) is 25.2 Å². The molecule has 0 amide bonds. The minimum Gasteiger partial charge on any atom is -0.495 e. The molecule has 0 atom stereocenters. The Bertz CT molecular complexity index is 1280. The third-order valence-corrected chi connectivity index (χ3v) is 6.80. The second kappa shape index (κ2) is 7.69. The molecule has 0 radical (unpaired) electrons. The van der Waals surface area contributed by atoms with Crippen LogP contribution in [0.2, 0.25) is 0 Å². The fraction of sp³-hybridized carbons (Fsp3) is 0.350. The van der Waals surface area contributed by atoms with Crippen LogP contribution in [0.5, 0.6) is 5.75 Å². The number of hydrogen-bond donors (Lipinski definition) is 2. The molecule has 1 aliphatic carbocycles. The molecule has 1 aromatic carbocycles. The van der Waals surface area contributed by atoms with E-state index in [4.69, 9.17) is 4.74 Å². The highest BCUT2D eigenvalue weighted by Crippen LogP contribution is 2.32. The van der Waals surface area contributed by atoms with Crippen molar-refractivity contribution >= 4 is 26.7 Å². The Morgan fingerprint density at radius 1 is 1.23 bits per heavy atom. The second-order valence-electron chi connectivity index (χ2n) is 7.26. The summed E-state index contributed by atoms with van der Waals surface area (Å²) in [4.78, 5) is 21.8. The maximum Gasteiger partial charge on any atom is 0.264 e. The van der Waals surface area contributed by atoms with Crippen molar-refractivity contribution in [2.24, 2.45) is 7.05 Å². The first-order valence-corrected chi connectivity index (χ1v) is 11.1. The number of ether oxygens (including phenoxy) is 1. The van der Waals surface area contributed by atoms with E-state index in [0.29, 0.717) is 28.0 Å². The van der Waals surface area contributed by atoms with Gasteiger partial charge in [0.15, 0.2) is 0 Å². The van der Waals surface area contributed by atoms with Gasteiger partial charge in [-0.25, -0.2) is 23.1 Å². The van der Waals surface area contributed by atoms with Gasteiger partial charge in [0.1, 0.15) is 21.8 Å². The lowest BCUT2D eigenvalue weighted by Crippen LogP contribution is -2.29. The van der Waals surface area contributed by atoms with Crippen molar-refractivity contribution in [3.63, 3.8) is 0 Å². The zero-order valence-electron chi connectivity index (χ0n) is 17.0. The van der Waals surface area contributed by atoms with Crippen molar-refractivity contribution in [3.8, 4) is 17.0 Å². The lowest BCUT2D eigenvalue weighted by molar-refractivity contribution is 0.402. The fourth-order valence-electron chi connectivity index (χ4n) is 3.38. The summed E-state index contributed by atoms with van der Waals surface area (Å²) in [6.45, 7) is 0. The summed E-state index contributed by atoms with van der Waals surface area (Å²) < 4.78 is 33.8. The van der Waals surface area contributed by atoms with Crippen LogP contribution in [0.25, 0.3) is 22.2 Å². The highest BCUT2D eigenvalue weighted by atomic mass is 32.2. The minimum atomic E-state index is -3.74. The third kappa shape index (κ3) is 3.52. The molecule has 0 unspecified atom stereocenters. The molecule has 2 N–H and O–H groups in total. The number of aromatic nitrogens is 3. The summed E-state index contributed by atoms with van der Waals surface area (Å²) in [5.74, 6) is 0.698. The van der Waals surface area contributed by atoms with Crippen LogP contribution >= 0.6 is 0 Å². The quantitative estimate of drug-likeness (QED) is 0.615. The summed E-state index contributed by atoms with van der Waals surface area (Å²) in [5, 5.41) is 3.78. The Morgan fingerprint density at radius 2 is 2.00 bits per heavy atom. The molecule has 0 aliphatic heterocycles. The Labute approximate surface area is 174 Å². The van der Waals surface area contributed by atoms with Gasteiger partial charge < -0.3 is 14.6 Å². The lowest BCUT2D eigenvalue weighted by atomic mass is 9.93. The van der Waals surface area contributed by atoms with Gasteiger partial charge in [0.2, 0.25) is 10.0 Å². The number of anilines is 1. The number of nitrogens with zero attached hydrogens (tertiary/aromatic N) is 3. The van der Waals surface area contributed by atoms with E-state index in [9.17, 15) is 13.2 Å². The van der Waals surface area contributed by atoms with Gasteiger partial charge in [0, 0.05) is 18.7 Å². The smallest absolute Gasteiger partial charge is 0.264 e. The summed E-state index contributed by atoms with van der Waals surface area (Å²) >= 11 is 0. The number of sulfonamides is 1. The van der Waals surface area contributed by atoms with Crippen molar-refractivity contribution in [2.45, 2.75) is 30.2 Å². The molecule has 30 heavy (non-hydrogen) atoms. The van der Waals surface area contributed by atoms with Crippen molar-refractivity contribution in [3.05, 3.63) is 40.9 Å². The van der Waals surface area contributed by atoms with Gasteiger partial charge in [-0.1, -0.05) is 0 Å². The van der Waals surface area contributed by atoms with E-state index in [1.807, 2.05) is 0 Å². The van der Waals surface area contributed by atoms with Gasteiger partial charge in [-0.3, -0.25) is 4.79 Å². The number of rotatable bonds is 6. The molecule has 2 aromatic heterocycles. The lowest BCUT2D eigenvalue weighted by Gasteiger charge is -2.27. The molecule has 158 valence electrons. The molecule has 2 heterocycles. The Hall–Kier alpha value is -2.98. The molecule has 1 saturated carbocycles. The number of pyridine rings is 1. The molecule has 3 aromatic rings. The topological polar surface area (TPSA) is 115 Å². The predicted molar refractivity (Wildman–Crippen MR) is 114 cm³/mol. The van der Waals surface area contributed by atoms with E-state index in [2.05, 4.69) is 20.0 Å². The van der Waals surface area contributed by atoms with Crippen LogP contribution < -0.4 is 20.3 Å². The van der Waals surface area contributed by atoms with Crippen molar-refractivity contribution in [1.29, 1.82) is 0 Å². The van der Waals surface area contributed by atoms with Gasteiger partial charge in [0.25, 0.3) is 5.56 Å². The number of aryl methyl sites for hydroxylation is 1. The van der Waals surface area contributed by atoms with E-state index < -0.39 is 10.0 Å². The van der Waals surface area contributed by atoms with Crippen LogP contribution in [0, 0.1) is 0 Å². The van der Waals surface area contributed by atoms with Gasteiger partial charge in [0.05, 0.1) is 24.6 Å². The number of methoxy groups -OCH3 is 1. The Morgan fingerprint density at radius 3 is 2.63 bits per heavy atom. The van der Waals surface area contributed by atoms with Crippen LogP contribution in [0.15, 0.2) is 40.3 Å². The molecular formula is C20H23N5O4S. The van der Waals surface area contributed by atoms with E-state index in [-0.39, 0.29) is 22.2 Å². The molecule has 0 saturated heterocycles. The first kappa shape index (κ1) is 20.3. The zero-order valence-corrected chi connectivity index (χ0v) is 17.8. The second-order valence-corrected chi connectivity index (χ2v) is 9.11. The number of nitrogens with one attached hydrogen (secondary N) is 2. The number of hydrogen-bond acceptors (Lipinski definition) is 7. The van der Waals surface area contributed by atoms with Crippen molar-refractivity contribution in [2.75, 3.05) is 19.5 Å². The predicted octanol–water partition coefficient (Wildman–Crippen LogP) is 1.88. The summed E-state index contributed by atoms with van der Waals surface area (Å²) in [7, 11) is 0.668.